The monoisotopic (exact) mass is 302 g/mol. The quantitative estimate of drug-likeness (QED) is 0.943. The molecule has 2 aromatic heterocycles. The van der Waals surface area contributed by atoms with Crippen LogP contribution >= 0.6 is 0 Å². The highest BCUT2D eigenvalue weighted by Gasteiger charge is 2.22. The summed E-state index contributed by atoms with van der Waals surface area (Å²) in [7, 11) is 0. The van der Waals surface area contributed by atoms with Gasteiger partial charge in [-0.2, -0.15) is 5.10 Å². The van der Waals surface area contributed by atoms with Gasteiger partial charge in [0.25, 0.3) is 0 Å². The summed E-state index contributed by atoms with van der Waals surface area (Å²) in [6.45, 7) is 9.19. The van der Waals surface area contributed by atoms with Crippen LogP contribution < -0.4 is 0 Å². The fraction of sp³-hybridized carbons (Fsp3) is 0.647. The SMILES string of the molecule is CC(O)C1CCN(Cc2cnc3c(cnn3C(C)C)c2)CC1. The van der Waals surface area contributed by atoms with Crippen molar-refractivity contribution in [1.29, 1.82) is 0 Å². The third kappa shape index (κ3) is 3.15. The maximum absolute atomic E-state index is 9.68. The minimum Gasteiger partial charge on any atom is -0.393 e. The molecule has 1 atom stereocenters. The minimum absolute atomic E-state index is 0.179. The van der Waals surface area contributed by atoms with Crippen molar-refractivity contribution < 1.29 is 5.11 Å². The molecule has 0 radical (unpaired) electrons. The molecule has 0 amide bonds. The van der Waals surface area contributed by atoms with Crippen molar-refractivity contribution in [2.45, 2.75) is 52.3 Å². The Morgan fingerprint density at radius 2 is 1.95 bits per heavy atom. The fourth-order valence-corrected chi connectivity index (χ4v) is 3.30. The van der Waals surface area contributed by atoms with E-state index < -0.39 is 0 Å². The average Bonchev–Trinajstić information content (AvgIpc) is 2.91. The number of hydrogen-bond donors (Lipinski definition) is 1. The first kappa shape index (κ1) is 15.4. The van der Waals surface area contributed by atoms with Crippen LogP contribution in [0.4, 0.5) is 0 Å². The van der Waals surface area contributed by atoms with E-state index in [0.717, 1.165) is 43.5 Å². The Balaban J connectivity index is 1.67. The Bertz CT molecular complexity index is 627. The van der Waals surface area contributed by atoms with E-state index in [4.69, 9.17) is 0 Å². The van der Waals surface area contributed by atoms with E-state index in [1.165, 1.54) is 5.56 Å². The largest absolute Gasteiger partial charge is 0.393 e. The number of nitrogens with zero attached hydrogens (tertiary/aromatic N) is 4. The summed E-state index contributed by atoms with van der Waals surface area (Å²) >= 11 is 0. The highest BCUT2D eigenvalue weighted by atomic mass is 16.3. The van der Waals surface area contributed by atoms with Crippen LogP contribution in [0.3, 0.4) is 0 Å². The Morgan fingerprint density at radius 3 is 2.59 bits per heavy atom. The number of aliphatic hydroxyl groups excluding tert-OH is 1. The van der Waals surface area contributed by atoms with Crippen molar-refractivity contribution in [3.63, 3.8) is 0 Å². The summed E-state index contributed by atoms with van der Waals surface area (Å²) in [5.74, 6) is 0.459. The second-order valence-electron chi connectivity index (χ2n) is 6.79. The van der Waals surface area contributed by atoms with Gasteiger partial charge in [0.2, 0.25) is 0 Å². The minimum atomic E-state index is -0.179. The van der Waals surface area contributed by atoms with Crippen LogP contribution in [0.15, 0.2) is 18.5 Å². The highest BCUT2D eigenvalue weighted by Crippen LogP contribution is 2.23. The molecule has 1 fully saturated rings. The molecule has 1 aliphatic rings. The van der Waals surface area contributed by atoms with Gasteiger partial charge in [-0.1, -0.05) is 0 Å². The molecule has 0 bridgehead atoms. The third-order valence-electron chi connectivity index (χ3n) is 4.70. The van der Waals surface area contributed by atoms with Gasteiger partial charge in [0, 0.05) is 24.2 Å². The zero-order chi connectivity index (χ0) is 15.7. The number of fused-ring (bicyclic) bond motifs is 1. The molecule has 120 valence electrons. The smallest absolute Gasteiger partial charge is 0.157 e. The maximum atomic E-state index is 9.68. The number of piperidine rings is 1. The van der Waals surface area contributed by atoms with E-state index in [9.17, 15) is 5.11 Å². The van der Waals surface area contributed by atoms with Gasteiger partial charge in [0.1, 0.15) is 0 Å². The molecule has 1 saturated heterocycles. The van der Waals surface area contributed by atoms with Gasteiger partial charge in [-0.05, 0) is 64.3 Å². The Kier molecular flexibility index (Phi) is 4.45. The second kappa shape index (κ2) is 6.34. The zero-order valence-electron chi connectivity index (χ0n) is 13.7. The average molecular weight is 302 g/mol. The van der Waals surface area contributed by atoms with Gasteiger partial charge in [0.05, 0.1) is 12.3 Å². The molecule has 5 nitrogen and oxygen atoms in total. The van der Waals surface area contributed by atoms with Gasteiger partial charge < -0.3 is 5.11 Å². The molecule has 3 rings (SSSR count). The van der Waals surface area contributed by atoms with E-state index in [1.54, 1.807) is 0 Å². The van der Waals surface area contributed by atoms with Crippen LogP contribution in [0.5, 0.6) is 0 Å². The van der Waals surface area contributed by atoms with Gasteiger partial charge in [0.15, 0.2) is 5.65 Å². The molecule has 1 unspecified atom stereocenters. The molecular weight excluding hydrogens is 276 g/mol. The first-order chi connectivity index (χ1) is 10.5. The summed E-state index contributed by atoms with van der Waals surface area (Å²) in [6.07, 6.45) is 5.87. The van der Waals surface area contributed by atoms with Crippen LogP contribution in [0.2, 0.25) is 0 Å². The van der Waals surface area contributed by atoms with Crippen molar-refractivity contribution in [2.75, 3.05) is 13.1 Å². The lowest BCUT2D eigenvalue weighted by Gasteiger charge is -2.33. The van der Waals surface area contributed by atoms with Gasteiger partial charge in [-0.3, -0.25) is 4.90 Å². The molecule has 0 saturated carbocycles. The van der Waals surface area contributed by atoms with Crippen LogP contribution in [0.25, 0.3) is 11.0 Å². The first-order valence-corrected chi connectivity index (χ1v) is 8.27. The van der Waals surface area contributed by atoms with E-state index in [1.807, 2.05) is 24.0 Å². The van der Waals surface area contributed by atoms with Crippen molar-refractivity contribution >= 4 is 11.0 Å². The standard InChI is InChI=1S/C17H26N4O/c1-12(2)21-17-16(10-19-21)8-14(9-18-17)11-20-6-4-15(5-7-20)13(3)22/h8-10,12-13,15,22H,4-7,11H2,1-3H3. The topological polar surface area (TPSA) is 54.2 Å². The van der Waals surface area contributed by atoms with Gasteiger partial charge >= 0.3 is 0 Å². The number of aliphatic hydroxyl groups is 1. The summed E-state index contributed by atoms with van der Waals surface area (Å²) in [5.41, 5.74) is 2.21. The predicted molar refractivity (Wildman–Crippen MR) is 87.6 cm³/mol. The number of rotatable bonds is 4. The summed E-state index contributed by atoms with van der Waals surface area (Å²) in [5, 5.41) is 15.2. The summed E-state index contributed by atoms with van der Waals surface area (Å²) in [6, 6.07) is 2.53. The normalized spacial score (nSPS) is 19.1. The van der Waals surface area contributed by atoms with Crippen molar-refractivity contribution in [3.05, 3.63) is 24.0 Å². The van der Waals surface area contributed by atoms with E-state index in [-0.39, 0.29) is 6.10 Å². The number of likely N-dealkylation sites (tertiary alicyclic amines) is 1. The molecule has 0 spiro atoms. The summed E-state index contributed by atoms with van der Waals surface area (Å²) in [4.78, 5) is 7.06. The number of pyridine rings is 1. The molecule has 3 heterocycles. The first-order valence-electron chi connectivity index (χ1n) is 8.27. The molecule has 5 heteroatoms. The number of aromatic nitrogens is 3. The van der Waals surface area contributed by atoms with Crippen molar-refractivity contribution in [1.82, 2.24) is 19.7 Å². The molecule has 1 aliphatic heterocycles. The molecule has 2 aromatic rings. The second-order valence-corrected chi connectivity index (χ2v) is 6.79. The van der Waals surface area contributed by atoms with Crippen LogP contribution in [0, 0.1) is 5.92 Å². The Morgan fingerprint density at radius 1 is 1.23 bits per heavy atom. The third-order valence-corrected chi connectivity index (χ3v) is 4.70. The molecule has 1 N–H and O–H groups in total. The number of hydrogen-bond acceptors (Lipinski definition) is 4. The lowest BCUT2D eigenvalue weighted by atomic mass is 9.92. The predicted octanol–water partition coefficient (Wildman–Crippen LogP) is 2.61. The Labute approximate surface area is 132 Å². The zero-order valence-corrected chi connectivity index (χ0v) is 13.7. The van der Waals surface area contributed by atoms with Crippen molar-refractivity contribution in [2.24, 2.45) is 5.92 Å². The highest BCUT2D eigenvalue weighted by molar-refractivity contribution is 5.75. The lowest BCUT2D eigenvalue weighted by Crippen LogP contribution is -2.36. The molecule has 0 aromatic carbocycles. The van der Waals surface area contributed by atoms with E-state index in [0.29, 0.717) is 12.0 Å². The van der Waals surface area contributed by atoms with Gasteiger partial charge in [-0.25, -0.2) is 9.67 Å². The van der Waals surface area contributed by atoms with Gasteiger partial charge in [-0.15, -0.1) is 0 Å². The van der Waals surface area contributed by atoms with E-state index >= 15 is 0 Å². The Hall–Kier alpha value is -1.46. The lowest BCUT2D eigenvalue weighted by molar-refractivity contribution is 0.0695. The van der Waals surface area contributed by atoms with Crippen molar-refractivity contribution in [3.8, 4) is 0 Å². The van der Waals surface area contributed by atoms with Crippen LogP contribution in [-0.4, -0.2) is 44.0 Å². The summed E-state index contributed by atoms with van der Waals surface area (Å²) < 4.78 is 1.97. The van der Waals surface area contributed by atoms with Crippen LogP contribution in [-0.2, 0) is 6.54 Å². The van der Waals surface area contributed by atoms with E-state index in [2.05, 4.69) is 34.9 Å². The molecule has 22 heavy (non-hydrogen) atoms. The fourth-order valence-electron chi connectivity index (χ4n) is 3.30. The maximum Gasteiger partial charge on any atom is 0.157 e. The molecular formula is C17H26N4O. The van der Waals surface area contributed by atoms with Crippen LogP contribution in [0.1, 0.15) is 45.2 Å². The molecule has 0 aliphatic carbocycles.